The van der Waals surface area contributed by atoms with E-state index in [0.29, 0.717) is 24.2 Å². The number of hydrogen-bond acceptors (Lipinski definition) is 3. The Morgan fingerprint density at radius 2 is 2.06 bits per heavy atom. The van der Waals surface area contributed by atoms with Crippen molar-refractivity contribution in [3.63, 3.8) is 0 Å². The van der Waals surface area contributed by atoms with Crippen LogP contribution in [0.2, 0.25) is 0 Å². The van der Waals surface area contributed by atoms with E-state index in [2.05, 4.69) is 6.07 Å². The number of rotatable bonds is 1. The average Bonchev–Trinajstić information content (AvgIpc) is 2.76. The van der Waals surface area contributed by atoms with Crippen LogP contribution < -0.4 is 0 Å². The molecule has 0 spiro atoms. The summed E-state index contributed by atoms with van der Waals surface area (Å²) in [7, 11) is 0. The van der Waals surface area contributed by atoms with Crippen LogP contribution in [0.1, 0.15) is 28.8 Å². The molecule has 2 unspecified atom stereocenters. The predicted molar refractivity (Wildman–Crippen MR) is 65.0 cm³/mol. The number of morpholine rings is 1. The number of nitrogens with zero attached hydrogens (tertiary/aromatic N) is 2. The lowest BCUT2D eigenvalue weighted by molar-refractivity contribution is -0.0303. The fourth-order valence-electron chi connectivity index (χ4n) is 2.68. The van der Waals surface area contributed by atoms with Crippen molar-refractivity contribution in [3.05, 3.63) is 35.4 Å². The molecule has 1 amide bonds. The SMILES string of the molecule is N#Cc1cccc(C(=O)N2CC3CCC(C2)O3)c1. The van der Waals surface area contributed by atoms with E-state index in [4.69, 9.17) is 10.00 Å². The lowest BCUT2D eigenvalue weighted by Crippen LogP contribution is -2.45. The van der Waals surface area contributed by atoms with Gasteiger partial charge in [0.05, 0.1) is 23.8 Å². The zero-order chi connectivity index (χ0) is 12.5. The van der Waals surface area contributed by atoms with Crippen LogP contribution in [-0.4, -0.2) is 36.1 Å². The van der Waals surface area contributed by atoms with E-state index in [9.17, 15) is 4.79 Å². The van der Waals surface area contributed by atoms with Gasteiger partial charge < -0.3 is 9.64 Å². The van der Waals surface area contributed by atoms with Crippen molar-refractivity contribution in [2.75, 3.05) is 13.1 Å². The van der Waals surface area contributed by atoms with Crippen LogP contribution in [0, 0.1) is 11.3 Å². The van der Waals surface area contributed by atoms with Crippen LogP contribution in [0.4, 0.5) is 0 Å². The minimum Gasteiger partial charge on any atom is -0.371 e. The molecule has 2 fully saturated rings. The summed E-state index contributed by atoms with van der Waals surface area (Å²) in [6.07, 6.45) is 2.50. The van der Waals surface area contributed by atoms with Crippen LogP contribution in [0.15, 0.2) is 24.3 Å². The third-order valence-electron chi connectivity index (χ3n) is 3.57. The molecule has 0 saturated carbocycles. The van der Waals surface area contributed by atoms with Gasteiger partial charge in [-0.2, -0.15) is 5.26 Å². The quantitative estimate of drug-likeness (QED) is 0.751. The molecule has 92 valence electrons. The molecule has 1 aromatic rings. The Morgan fingerprint density at radius 1 is 1.33 bits per heavy atom. The number of fused-ring (bicyclic) bond motifs is 2. The molecule has 0 aromatic heterocycles. The normalized spacial score (nSPS) is 25.8. The molecule has 18 heavy (non-hydrogen) atoms. The predicted octanol–water partition coefficient (Wildman–Crippen LogP) is 1.56. The number of nitriles is 1. The lowest BCUT2D eigenvalue weighted by atomic mass is 10.1. The molecule has 0 radical (unpaired) electrons. The van der Waals surface area contributed by atoms with Crippen LogP contribution in [0.25, 0.3) is 0 Å². The highest BCUT2D eigenvalue weighted by atomic mass is 16.5. The number of hydrogen-bond donors (Lipinski definition) is 0. The molecular formula is C14H14N2O2. The van der Waals surface area contributed by atoms with Crippen molar-refractivity contribution < 1.29 is 9.53 Å². The summed E-state index contributed by atoms with van der Waals surface area (Å²) >= 11 is 0. The smallest absolute Gasteiger partial charge is 0.254 e. The van der Waals surface area contributed by atoms with Crippen molar-refractivity contribution in [1.29, 1.82) is 5.26 Å². The van der Waals surface area contributed by atoms with Crippen LogP contribution >= 0.6 is 0 Å². The monoisotopic (exact) mass is 242 g/mol. The van der Waals surface area contributed by atoms with E-state index in [1.165, 1.54) is 0 Å². The largest absolute Gasteiger partial charge is 0.371 e. The van der Waals surface area contributed by atoms with Crippen molar-refractivity contribution in [3.8, 4) is 6.07 Å². The number of likely N-dealkylation sites (tertiary alicyclic amines) is 1. The van der Waals surface area contributed by atoms with Crippen molar-refractivity contribution in [1.82, 2.24) is 4.90 Å². The van der Waals surface area contributed by atoms with Crippen molar-refractivity contribution in [2.45, 2.75) is 25.0 Å². The molecule has 2 bridgehead atoms. The van der Waals surface area contributed by atoms with Gasteiger partial charge in [-0.3, -0.25) is 4.79 Å². The zero-order valence-corrected chi connectivity index (χ0v) is 10.0. The van der Waals surface area contributed by atoms with Gasteiger partial charge in [0, 0.05) is 18.7 Å². The highest BCUT2D eigenvalue weighted by Gasteiger charge is 2.35. The highest BCUT2D eigenvalue weighted by molar-refractivity contribution is 5.94. The molecule has 2 aliphatic rings. The Labute approximate surface area is 106 Å². The first-order valence-corrected chi connectivity index (χ1v) is 6.21. The van der Waals surface area contributed by atoms with Crippen LogP contribution in [-0.2, 0) is 4.74 Å². The highest BCUT2D eigenvalue weighted by Crippen LogP contribution is 2.27. The number of benzene rings is 1. The summed E-state index contributed by atoms with van der Waals surface area (Å²) < 4.78 is 5.71. The number of amides is 1. The van der Waals surface area contributed by atoms with Gasteiger partial charge in [0.1, 0.15) is 0 Å². The van der Waals surface area contributed by atoms with Crippen molar-refractivity contribution in [2.24, 2.45) is 0 Å². The summed E-state index contributed by atoms with van der Waals surface area (Å²) in [6, 6.07) is 8.94. The maximum absolute atomic E-state index is 12.3. The zero-order valence-electron chi connectivity index (χ0n) is 10.0. The molecule has 4 nitrogen and oxygen atoms in total. The molecular weight excluding hydrogens is 228 g/mol. The van der Waals surface area contributed by atoms with Gasteiger partial charge in [0.25, 0.3) is 5.91 Å². The maximum atomic E-state index is 12.3. The maximum Gasteiger partial charge on any atom is 0.254 e. The van der Waals surface area contributed by atoms with E-state index in [-0.39, 0.29) is 18.1 Å². The Bertz CT molecular complexity index is 509. The van der Waals surface area contributed by atoms with E-state index >= 15 is 0 Å². The molecule has 4 heteroatoms. The summed E-state index contributed by atoms with van der Waals surface area (Å²) in [5, 5.41) is 8.85. The first-order chi connectivity index (χ1) is 8.76. The standard InChI is InChI=1S/C14H14N2O2/c15-7-10-2-1-3-11(6-10)14(17)16-8-12-4-5-13(9-16)18-12/h1-3,6,12-13H,4-5,8-9H2. The van der Waals surface area contributed by atoms with Gasteiger partial charge in [-0.25, -0.2) is 0 Å². The number of ether oxygens (including phenoxy) is 1. The molecule has 0 aliphatic carbocycles. The Hall–Kier alpha value is -1.86. The second kappa shape index (κ2) is 4.43. The molecule has 2 saturated heterocycles. The van der Waals surface area contributed by atoms with Gasteiger partial charge in [-0.1, -0.05) is 6.07 Å². The van der Waals surface area contributed by atoms with E-state index in [0.717, 1.165) is 12.8 Å². The second-order valence-corrected chi connectivity index (χ2v) is 4.86. The second-order valence-electron chi connectivity index (χ2n) is 4.86. The minimum absolute atomic E-state index is 0.00676. The Kier molecular flexibility index (Phi) is 2.77. The third kappa shape index (κ3) is 1.98. The summed E-state index contributed by atoms with van der Waals surface area (Å²) in [5.74, 6) is 0.00676. The molecule has 2 heterocycles. The fourth-order valence-corrected chi connectivity index (χ4v) is 2.68. The molecule has 3 rings (SSSR count). The van der Waals surface area contributed by atoms with Crippen LogP contribution in [0.3, 0.4) is 0 Å². The first-order valence-electron chi connectivity index (χ1n) is 6.21. The molecule has 0 N–H and O–H groups in total. The summed E-state index contributed by atoms with van der Waals surface area (Å²) in [6.45, 7) is 1.35. The van der Waals surface area contributed by atoms with Gasteiger partial charge >= 0.3 is 0 Å². The van der Waals surface area contributed by atoms with Gasteiger partial charge in [-0.15, -0.1) is 0 Å². The lowest BCUT2D eigenvalue weighted by Gasteiger charge is -2.32. The topological polar surface area (TPSA) is 53.3 Å². The first kappa shape index (κ1) is 11.2. The summed E-state index contributed by atoms with van der Waals surface area (Å²) in [4.78, 5) is 14.2. The Morgan fingerprint density at radius 3 is 2.72 bits per heavy atom. The van der Waals surface area contributed by atoms with Crippen molar-refractivity contribution >= 4 is 5.91 Å². The fraction of sp³-hybridized carbons (Fsp3) is 0.429. The number of carbonyl (C=O) groups excluding carboxylic acids is 1. The van der Waals surface area contributed by atoms with Gasteiger partial charge in [0.2, 0.25) is 0 Å². The van der Waals surface area contributed by atoms with E-state index < -0.39 is 0 Å². The Balaban J connectivity index is 1.80. The summed E-state index contributed by atoms with van der Waals surface area (Å²) in [5.41, 5.74) is 1.12. The van der Waals surface area contributed by atoms with E-state index in [1.54, 1.807) is 24.3 Å². The van der Waals surface area contributed by atoms with Gasteiger partial charge in [0.15, 0.2) is 0 Å². The van der Waals surface area contributed by atoms with E-state index in [1.807, 2.05) is 4.90 Å². The number of carbonyl (C=O) groups is 1. The molecule has 2 aliphatic heterocycles. The average molecular weight is 242 g/mol. The minimum atomic E-state index is 0.00676. The molecule has 1 aromatic carbocycles. The molecule has 2 atom stereocenters. The van der Waals surface area contributed by atoms with Gasteiger partial charge in [-0.05, 0) is 31.0 Å². The van der Waals surface area contributed by atoms with Crippen LogP contribution in [0.5, 0.6) is 0 Å². The third-order valence-corrected chi connectivity index (χ3v) is 3.57.